The van der Waals surface area contributed by atoms with Crippen LogP contribution in [0, 0.1) is 5.21 Å². The third-order valence-corrected chi connectivity index (χ3v) is 4.59. The summed E-state index contributed by atoms with van der Waals surface area (Å²) < 4.78 is 0.716. The molecular weight excluding hydrogens is 266 g/mol. The van der Waals surface area contributed by atoms with Crippen LogP contribution in [0.15, 0.2) is 22.7 Å². The molecule has 2 N–H and O–H groups in total. The van der Waals surface area contributed by atoms with Crippen LogP contribution in [0.2, 0.25) is 0 Å². The summed E-state index contributed by atoms with van der Waals surface area (Å²) in [6.45, 7) is 6.53. The summed E-state index contributed by atoms with van der Waals surface area (Å²) >= 11 is 1.43. The summed E-state index contributed by atoms with van der Waals surface area (Å²) in [7, 11) is 0. The average molecular weight is 283 g/mol. The van der Waals surface area contributed by atoms with Crippen LogP contribution in [0.5, 0.6) is 0 Å². The summed E-state index contributed by atoms with van der Waals surface area (Å²) in [5, 5.41) is 37.9. The molecule has 1 aromatic rings. The SMILES string of the molecule is C/C(=N/O)C1(C)N(O)C(C)(C)C(c2cccs2)=[N+]1[O-]. The molecule has 1 atom stereocenters. The molecule has 0 saturated heterocycles. The van der Waals surface area contributed by atoms with Gasteiger partial charge >= 0.3 is 0 Å². The first-order chi connectivity index (χ1) is 8.77. The van der Waals surface area contributed by atoms with Crippen LogP contribution in [0.1, 0.15) is 32.6 Å². The van der Waals surface area contributed by atoms with E-state index in [0.29, 0.717) is 10.5 Å². The van der Waals surface area contributed by atoms with Gasteiger partial charge in [0.1, 0.15) is 11.3 Å². The molecule has 0 radical (unpaired) electrons. The number of nitrogens with zero attached hydrogens (tertiary/aromatic N) is 3. The molecule has 0 fully saturated rings. The van der Waals surface area contributed by atoms with Crippen molar-refractivity contribution in [3.63, 3.8) is 0 Å². The van der Waals surface area contributed by atoms with E-state index in [1.165, 1.54) is 25.2 Å². The second kappa shape index (κ2) is 4.29. The molecule has 104 valence electrons. The van der Waals surface area contributed by atoms with Gasteiger partial charge in [0.25, 0.3) is 5.66 Å². The molecule has 1 aromatic heterocycles. The van der Waals surface area contributed by atoms with Crippen LogP contribution in [0.4, 0.5) is 0 Å². The van der Waals surface area contributed by atoms with E-state index in [4.69, 9.17) is 5.21 Å². The summed E-state index contributed by atoms with van der Waals surface area (Å²) in [5.74, 6) is 0. The van der Waals surface area contributed by atoms with Gasteiger partial charge < -0.3 is 15.6 Å². The molecule has 2 rings (SSSR count). The van der Waals surface area contributed by atoms with Gasteiger partial charge in [-0.25, -0.2) is 0 Å². The Kier molecular flexibility index (Phi) is 3.16. The van der Waals surface area contributed by atoms with Gasteiger partial charge in [0.2, 0.25) is 5.71 Å². The predicted octanol–water partition coefficient (Wildman–Crippen LogP) is 2.10. The van der Waals surface area contributed by atoms with Crippen LogP contribution in [0.3, 0.4) is 0 Å². The van der Waals surface area contributed by atoms with Gasteiger partial charge in [0.05, 0.1) is 4.88 Å². The normalized spacial score (nSPS) is 28.2. The van der Waals surface area contributed by atoms with Gasteiger partial charge in [-0.3, -0.25) is 0 Å². The highest BCUT2D eigenvalue weighted by Crippen LogP contribution is 2.37. The highest BCUT2D eigenvalue weighted by Gasteiger charge is 2.61. The van der Waals surface area contributed by atoms with E-state index >= 15 is 0 Å². The van der Waals surface area contributed by atoms with E-state index in [-0.39, 0.29) is 5.71 Å². The van der Waals surface area contributed by atoms with E-state index in [1.807, 2.05) is 17.5 Å². The van der Waals surface area contributed by atoms with Gasteiger partial charge in [0.15, 0.2) is 0 Å². The van der Waals surface area contributed by atoms with Gasteiger partial charge in [0, 0.05) is 6.92 Å². The molecule has 1 aliphatic rings. The van der Waals surface area contributed by atoms with E-state index in [1.54, 1.807) is 13.8 Å². The maximum absolute atomic E-state index is 12.6. The quantitative estimate of drug-likeness (QED) is 0.286. The largest absolute Gasteiger partial charge is 0.622 e. The number of rotatable bonds is 2. The molecule has 1 aliphatic heterocycles. The summed E-state index contributed by atoms with van der Waals surface area (Å²) in [5.41, 5.74) is -1.72. The fraction of sp³-hybridized carbons (Fsp3) is 0.500. The minimum Gasteiger partial charge on any atom is -0.622 e. The monoisotopic (exact) mass is 283 g/mol. The summed E-state index contributed by atoms with van der Waals surface area (Å²) in [4.78, 5) is 0.786. The zero-order chi connectivity index (χ0) is 14.4. The lowest BCUT2D eigenvalue weighted by molar-refractivity contribution is -0.560. The number of hydrogen-bond acceptors (Lipinski definition) is 6. The van der Waals surface area contributed by atoms with Crippen molar-refractivity contribution in [1.82, 2.24) is 5.06 Å². The first-order valence-corrected chi connectivity index (χ1v) is 6.73. The Morgan fingerprint density at radius 3 is 2.58 bits per heavy atom. The number of hydroxylamine groups is 3. The van der Waals surface area contributed by atoms with Gasteiger partial charge in [-0.05, 0) is 32.2 Å². The highest BCUT2D eigenvalue weighted by atomic mass is 32.1. The van der Waals surface area contributed by atoms with Gasteiger partial charge in [-0.1, -0.05) is 11.2 Å². The second-order valence-electron chi connectivity index (χ2n) is 5.20. The Hall–Kier alpha value is -1.44. The number of oxime groups is 1. The number of hydrogen-bond donors (Lipinski definition) is 2. The predicted molar refractivity (Wildman–Crippen MR) is 73.1 cm³/mol. The lowest BCUT2D eigenvalue weighted by Crippen LogP contribution is -2.57. The minimum absolute atomic E-state index is 0.129. The Balaban J connectivity index is 2.70. The lowest BCUT2D eigenvalue weighted by Gasteiger charge is -2.31. The molecular formula is C12H17N3O3S. The fourth-order valence-corrected chi connectivity index (χ4v) is 3.31. The molecule has 0 saturated carbocycles. The average Bonchev–Trinajstić information content (AvgIpc) is 2.92. The third kappa shape index (κ3) is 1.69. The Labute approximate surface area is 115 Å². The van der Waals surface area contributed by atoms with E-state index in [0.717, 1.165) is 9.94 Å². The fourth-order valence-electron chi connectivity index (χ4n) is 2.41. The second-order valence-corrected chi connectivity index (χ2v) is 6.15. The van der Waals surface area contributed by atoms with Crippen molar-refractivity contribution < 1.29 is 15.2 Å². The molecule has 0 spiro atoms. The summed E-state index contributed by atoms with van der Waals surface area (Å²) in [6, 6.07) is 3.68. The van der Waals surface area contributed by atoms with Crippen molar-refractivity contribution in [3.05, 3.63) is 27.6 Å². The Morgan fingerprint density at radius 2 is 2.11 bits per heavy atom. The zero-order valence-corrected chi connectivity index (χ0v) is 12.1. The van der Waals surface area contributed by atoms with Crippen molar-refractivity contribution in [2.75, 3.05) is 0 Å². The Morgan fingerprint density at radius 1 is 1.47 bits per heavy atom. The molecule has 6 nitrogen and oxygen atoms in total. The van der Waals surface area contributed by atoms with Crippen LogP contribution >= 0.6 is 11.3 Å². The first kappa shape index (κ1) is 14.0. The van der Waals surface area contributed by atoms with E-state index < -0.39 is 11.2 Å². The van der Waals surface area contributed by atoms with Crippen molar-refractivity contribution in [2.45, 2.75) is 38.9 Å². The maximum Gasteiger partial charge on any atom is 0.290 e. The molecule has 7 heteroatoms. The van der Waals surface area contributed by atoms with Crippen molar-refractivity contribution in [2.24, 2.45) is 5.16 Å². The van der Waals surface area contributed by atoms with Crippen LogP contribution in [-0.4, -0.2) is 42.8 Å². The zero-order valence-electron chi connectivity index (χ0n) is 11.3. The van der Waals surface area contributed by atoms with Gasteiger partial charge in [-0.2, -0.15) is 4.74 Å². The molecule has 19 heavy (non-hydrogen) atoms. The lowest BCUT2D eigenvalue weighted by atomic mass is 9.97. The molecule has 0 aromatic carbocycles. The first-order valence-electron chi connectivity index (χ1n) is 5.85. The number of thiophene rings is 1. The topological polar surface area (TPSA) is 82.1 Å². The Bertz CT molecular complexity index is 551. The van der Waals surface area contributed by atoms with Crippen LogP contribution in [-0.2, 0) is 0 Å². The van der Waals surface area contributed by atoms with Gasteiger partial charge in [-0.15, -0.1) is 16.4 Å². The van der Waals surface area contributed by atoms with E-state index in [9.17, 15) is 10.4 Å². The van der Waals surface area contributed by atoms with Crippen molar-refractivity contribution in [3.8, 4) is 0 Å². The van der Waals surface area contributed by atoms with E-state index in [2.05, 4.69) is 5.16 Å². The smallest absolute Gasteiger partial charge is 0.290 e. The minimum atomic E-state index is -1.42. The standard InChI is InChI=1S/C12H17N3O3S/c1-8(13-16)12(4)14(17)10(9-6-5-7-19-9)11(2,3)15(12)18/h5-7,16,18H,1-4H3/b13-8-. The third-order valence-electron chi connectivity index (χ3n) is 3.71. The van der Waals surface area contributed by atoms with Crippen molar-refractivity contribution >= 4 is 22.8 Å². The molecule has 0 amide bonds. The molecule has 0 bridgehead atoms. The molecule has 0 aliphatic carbocycles. The van der Waals surface area contributed by atoms with Crippen LogP contribution in [0.25, 0.3) is 0 Å². The maximum atomic E-state index is 12.6. The molecule has 2 heterocycles. The highest BCUT2D eigenvalue weighted by molar-refractivity contribution is 7.12. The summed E-state index contributed by atoms with van der Waals surface area (Å²) in [6.07, 6.45) is 0. The van der Waals surface area contributed by atoms with Crippen LogP contribution < -0.4 is 0 Å². The van der Waals surface area contributed by atoms with Crippen molar-refractivity contribution in [1.29, 1.82) is 0 Å². The molecule has 1 unspecified atom stereocenters.